The van der Waals surface area contributed by atoms with Gasteiger partial charge in [-0.1, -0.05) is 0 Å². The van der Waals surface area contributed by atoms with Crippen molar-refractivity contribution in [3.63, 3.8) is 0 Å². The van der Waals surface area contributed by atoms with E-state index in [2.05, 4.69) is 0 Å². The van der Waals surface area contributed by atoms with E-state index in [-0.39, 0.29) is 24.3 Å². The first-order valence-corrected chi connectivity index (χ1v) is 5.54. The van der Waals surface area contributed by atoms with Crippen LogP contribution in [0.1, 0.15) is 25.7 Å². The van der Waals surface area contributed by atoms with E-state index in [1.807, 2.05) is 0 Å². The zero-order valence-corrected chi connectivity index (χ0v) is 8.43. The first-order valence-electron chi connectivity index (χ1n) is 5.54. The summed E-state index contributed by atoms with van der Waals surface area (Å²) in [6.45, 7) is -0.352. The summed E-state index contributed by atoms with van der Waals surface area (Å²) >= 11 is 0. The molecule has 0 radical (unpaired) electrons. The van der Waals surface area contributed by atoms with Gasteiger partial charge < -0.3 is 10.2 Å². The van der Waals surface area contributed by atoms with Crippen LogP contribution in [-0.2, 0) is 0 Å². The van der Waals surface area contributed by atoms with Crippen molar-refractivity contribution in [1.29, 1.82) is 0 Å². The Kier molecular flexibility index (Phi) is 1.60. The summed E-state index contributed by atoms with van der Waals surface area (Å²) in [5.41, 5.74) is -1.74. The Hall–Kier alpha value is -0.680. The van der Waals surface area contributed by atoms with Gasteiger partial charge in [-0.15, -0.1) is 0 Å². The summed E-state index contributed by atoms with van der Waals surface area (Å²) in [5.74, 6) is 0.0447. The maximum absolute atomic E-state index is 10.5. The fourth-order valence-corrected chi connectivity index (χ4v) is 4.38. The van der Waals surface area contributed by atoms with Gasteiger partial charge in [0, 0.05) is 16.8 Å². The van der Waals surface area contributed by atoms with Crippen molar-refractivity contribution in [1.82, 2.24) is 0 Å². The lowest BCUT2D eigenvalue weighted by Gasteiger charge is -2.52. The van der Waals surface area contributed by atoms with Crippen LogP contribution in [0.15, 0.2) is 0 Å². The Balaban J connectivity index is 1.88. The van der Waals surface area contributed by atoms with Crippen LogP contribution in [0.4, 0.5) is 0 Å². The highest BCUT2D eigenvalue weighted by Crippen LogP contribution is 2.68. The lowest BCUT2D eigenvalue weighted by Crippen LogP contribution is -2.64. The van der Waals surface area contributed by atoms with Gasteiger partial charge in [0.05, 0.1) is 5.60 Å². The maximum Gasteiger partial charge on any atom is 0.232 e. The average Bonchev–Trinajstić information content (AvgIpc) is 2.53. The van der Waals surface area contributed by atoms with Gasteiger partial charge >= 0.3 is 0 Å². The Bertz CT molecular complexity index is 313. The molecule has 0 aliphatic heterocycles. The molecule has 0 bridgehead atoms. The zero-order chi connectivity index (χ0) is 10.8. The standard InChI is InChI=1S/C10H15NO4/c12-9-3-1-6-8(9)7(2-4-9)10(6,13)5-11(14)15/h6-8,12-13H,1-5H2/t6-,7+,8?,9?,10?. The van der Waals surface area contributed by atoms with E-state index in [4.69, 9.17) is 0 Å². The minimum Gasteiger partial charge on any atom is -0.390 e. The smallest absolute Gasteiger partial charge is 0.232 e. The molecule has 3 fully saturated rings. The second kappa shape index (κ2) is 2.52. The Morgan fingerprint density at radius 3 is 2.27 bits per heavy atom. The van der Waals surface area contributed by atoms with Crippen molar-refractivity contribution in [3.05, 3.63) is 10.1 Å². The minimum absolute atomic E-state index is 0.0413. The van der Waals surface area contributed by atoms with Gasteiger partial charge in [-0.25, -0.2) is 0 Å². The van der Waals surface area contributed by atoms with E-state index in [9.17, 15) is 20.3 Å². The lowest BCUT2D eigenvalue weighted by molar-refractivity contribution is -0.516. The normalized spacial score (nSPS) is 56.3. The molecule has 84 valence electrons. The van der Waals surface area contributed by atoms with Crippen LogP contribution in [0.3, 0.4) is 0 Å². The highest BCUT2D eigenvalue weighted by Gasteiger charge is 2.74. The van der Waals surface area contributed by atoms with Crippen molar-refractivity contribution in [2.75, 3.05) is 6.54 Å². The van der Waals surface area contributed by atoms with E-state index in [1.165, 1.54) is 0 Å². The van der Waals surface area contributed by atoms with Crippen LogP contribution in [0.25, 0.3) is 0 Å². The monoisotopic (exact) mass is 213 g/mol. The first-order chi connectivity index (χ1) is 6.97. The second-order valence-electron chi connectivity index (χ2n) is 5.40. The highest BCUT2D eigenvalue weighted by molar-refractivity contribution is 5.22. The molecule has 5 atom stereocenters. The molecule has 0 saturated heterocycles. The Morgan fingerprint density at radius 2 is 1.80 bits per heavy atom. The highest BCUT2D eigenvalue weighted by atomic mass is 16.6. The molecule has 0 heterocycles. The van der Waals surface area contributed by atoms with E-state index < -0.39 is 16.1 Å². The molecule has 0 spiro atoms. The largest absolute Gasteiger partial charge is 0.390 e. The molecule has 2 N–H and O–H groups in total. The van der Waals surface area contributed by atoms with Crippen LogP contribution in [0, 0.1) is 27.9 Å². The molecule has 0 aromatic heterocycles. The number of aliphatic hydroxyl groups is 2. The van der Waals surface area contributed by atoms with Crippen molar-refractivity contribution in [3.8, 4) is 0 Å². The van der Waals surface area contributed by atoms with Gasteiger partial charge in [-0.3, -0.25) is 10.1 Å². The summed E-state index contributed by atoms with van der Waals surface area (Å²) < 4.78 is 0. The molecule has 3 unspecified atom stereocenters. The number of nitro groups is 1. The number of rotatable bonds is 2. The fraction of sp³-hybridized carbons (Fsp3) is 1.00. The summed E-state index contributed by atoms with van der Waals surface area (Å²) in [7, 11) is 0. The van der Waals surface area contributed by atoms with Crippen molar-refractivity contribution in [2.45, 2.75) is 36.9 Å². The molecule has 5 heteroatoms. The SMILES string of the molecule is O=[N+]([O-])CC1(O)[C@@H]2CCC3(O)CC[C@H]1C23. The van der Waals surface area contributed by atoms with E-state index in [0.717, 1.165) is 12.8 Å². The quantitative estimate of drug-likeness (QED) is 0.506. The topological polar surface area (TPSA) is 83.6 Å². The van der Waals surface area contributed by atoms with Crippen LogP contribution in [0.2, 0.25) is 0 Å². The predicted molar refractivity (Wildman–Crippen MR) is 50.7 cm³/mol. The van der Waals surface area contributed by atoms with Crippen LogP contribution >= 0.6 is 0 Å². The van der Waals surface area contributed by atoms with Crippen molar-refractivity contribution in [2.24, 2.45) is 17.8 Å². The van der Waals surface area contributed by atoms with E-state index in [1.54, 1.807) is 0 Å². The zero-order valence-electron chi connectivity index (χ0n) is 8.43. The first kappa shape index (κ1) is 9.54. The van der Waals surface area contributed by atoms with Crippen LogP contribution < -0.4 is 0 Å². The van der Waals surface area contributed by atoms with E-state index in [0.29, 0.717) is 12.8 Å². The Morgan fingerprint density at radius 1 is 1.27 bits per heavy atom. The number of hydrogen-bond acceptors (Lipinski definition) is 4. The molecule has 3 saturated carbocycles. The van der Waals surface area contributed by atoms with Gasteiger partial charge in [0.25, 0.3) is 0 Å². The van der Waals surface area contributed by atoms with E-state index >= 15 is 0 Å². The van der Waals surface area contributed by atoms with Gasteiger partial charge in [0.2, 0.25) is 6.54 Å². The molecule has 0 aromatic carbocycles. The third-order valence-corrected chi connectivity index (χ3v) is 4.93. The molecule has 3 aliphatic rings. The summed E-state index contributed by atoms with van der Waals surface area (Å²) in [6, 6.07) is 0. The van der Waals surface area contributed by atoms with Gasteiger partial charge in [0.15, 0.2) is 0 Å². The van der Waals surface area contributed by atoms with Crippen LogP contribution in [-0.4, -0.2) is 32.9 Å². The predicted octanol–water partition coefficient (Wildman–Crippen LogP) is 0.175. The number of nitrogens with zero attached hydrogens (tertiary/aromatic N) is 1. The lowest BCUT2D eigenvalue weighted by atomic mass is 9.55. The summed E-state index contributed by atoms with van der Waals surface area (Å²) in [5, 5.41) is 31.1. The minimum atomic E-state index is -1.13. The number of hydrogen-bond donors (Lipinski definition) is 2. The molecule has 15 heavy (non-hydrogen) atoms. The maximum atomic E-state index is 10.5. The molecule has 0 amide bonds. The molecular formula is C10H15NO4. The molecule has 3 aliphatic carbocycles. The fourth-order valence-electron chi connectivity index (χ4n) is 4.38. The third-order valence-electron chi connectivity index (χ3n) is 4.93. The molecule has 3 rings (SSSR count). The van der Waals surface area contributed by atoms with Gasteiger partial charge in [-0.2, -0.15) is 0 Å². The molecule has 5 nitrogen and oxygen atoms in total. The van der Waals surface area contributed by atoms with Crippen molar-refractivity contribution >= 4 is 0 Å². The summed E-state index contributed by atoms with van der Waals surface area (Å²) in [6.07, 6.45) is 2.89. The van der Waals surface area contributed by atoms with Crippen LogP contribution in [0.5, 0.6) is 0 Å². The molecular weight excluding hydrogens is 198 g/mol. The average molecular weight is 213 g/mol. The Labute approximate surface area is 87.2 Å². The third kappa shape index (κ3) is 0.953. The second-order valence-corrected chi connectivity index (χ2v) is 5.40. The summed E-state index contributed by atoms with van der Waals surface area (Å²) in [4.78, 5) is 10.1. The van der Waals surface area contributed by atoms with Gasteiger partial charge in [0.1, 0.15) is 5.60 Å². The molecule has 0 aromatic rings. The van der Waals surface area contributed by atoms with Gasteiger partial charge in [-0.05, 0) is 31.6 Å². The van der Waals surface area contributed by atoms with Crippen molar-refractivity contribution < 1.29 is 15.1 Å².